The van der Waals surface area contributed by atoms with Gasteiger partial charge in [-0.1, -0.05) is 42.5 Å². The molecule has 1 aromatic heterocycles. The molecule has 30 heavy (non-hydrogen) atoms. The van der Waals surface area contributed by atoms with Crippen molar-refractivity contribution in [1.82, 2.24) is 5.32 Å². The van der Waals surface area contributed by atoms with Crippen molar-refractivity contribution in [3.63, 3.8) is 0 Å². The Morgan fingerprint density at radius 2 is 1.77 bits per heavy atom. The molecule has 1 atom stereocenters. The van der Waals surface area contributed by atoms with Crippen LogP contribution in [0.2, 0.25) is 0 Å². The van der Waals surface area contributed by atoms with Crippen molar-refractivity contribution in [1.29, 1.82) is 5.26 Å². The van der Waals surface area contributed by atoms with E-state index in [1.807, 2.05) is 43.3 Å². The highest BCUT2D eigenvalue weighted by atomic mass is 16.5. The van der Waals surface area contributed by atoms with Crippen molar-refractivity contribution in [2.75, 3.05) is 7.11 Å². The van der Waals surface area contributed by atoms with Gasteiger partial charge in [-0.2, -0.15) is 5.26 Å². The van der Waals surface area contributed by atoms with Crippen LogP contribution in [0.3, 0.4) is 0 Å². The molecule has 0 fully saturated rings. The van der Waals surface area contributed by atoms with Gasteiger partial charge in [-0.25, -0.2) is 4.79 Å². The summed E-state index contributed by atoms with van der Waals surface area (Å²) in [7, 11) is 1.32. The van der Waals surface area contributed by atoms with Crippen LogP contribution in [-0.2, 0) is 9.53 Å². The second kappa shape index (κ2) is 9.39. The Hall–Kier alpha value is -4.11. The fraction of sp³-hybridized carbons (Fsp3) is 0.125. The lowest BCUT2D eigenvalue weighted by molar-refractivity contribution is -0.117. The molecule has 3 rings (SSSR count). The first-order valence-electron chi connectivity index (χ1n) is 9.28. The number of esters is 1. The van der Waals surface area contributed by atoms with Gasteiger partial charge >= 0.3 is 5.97 Å². The largest absolute Gasteiger partial charge is 0.465 e. The number of nitriles is 1. The predicted molar refractivity (Wildman–Crippen MR) is 112 cm³/mol. The van der Waals surface area contributed by atoms with Gasteiger partial charge in [-0.15, -0.1) is 0 Å². The maximum atomic E-state index is 12.5. The third-order valence-electron chi connectivity index (χ3n) is 4.52. The summed E-state index contributed by atoms with van der Waals surface area (Å²) in [6.45, 7) is 1.85. The molecule has 0 aliphatic rings. The summed E-state index contributed by atoms with van der Waals surface area (Å²) < 4.78 is 10.4. The van der Waals surface area contributed by atoms with E-state index < -0.39 is 11.9 Å². The Labute approximate surface area is 174 Å². The highest BCUT2D eigenvalue weighted by Crippen LogP contribution is 2.24. The van der Waals surface area contributed by atoms with Gasteiger partial charge in [0.2, 0.25) is 0 Å². The van der Waals surface area contributed by atoms with E-state index in [1.165, 1.54) is 13.2 Å². The maximum Gasteiger partial charge on any atom is 0.337 e. The summed E-state index contributed by atoms with van der Waals surface area (Å²) in [6, 6.07) is 21.3. The van der Waals surface area contributed by atoms with Crippen molar-refractivity contribution < 1.29 is 18.7 Å². The van der Waals surface area contributed by atoms with Crippen LogP contribution in [0.15, 0.2) is 76.7 Å². The molecule has 0 saturated carbocycles. The Kier molecular flexibility index (Phi) is 6.46. The third kappa shape index (κ3) is 4.83. The van der Waals surface area contributed by atoms with Gasteiger partial charge < -0.3 is 14.5 Å². The van der Waals surface area contributed by atoms with Crippen LogP contribution in [0.4, 0.5) is 0 Å². The Morgan fingerprint density at radius 1 is 1.07 bits per heavy atom. The zero-order valence-electron chi connectivity index (χ0n) is 16.6. The van der Waals surface area contributed by atoms with Gasteiger partial charge in [0.1, 0.15) is 23.2 Å². The van der Waals surface area contributed by atoms with E-state index >= 15 is 0 Å². The second-order valence-corrected chi connectivity index (χ2v) is 6.55. The average Bonchev–Trinajstić information content (AvgIpc) is 3.26. The van der Waals surface area contributed by atoms with Crippen LogP contribution < -0.4 is 5.32 Å². The first-order chi connectivity index (χ1) is 14.5. The average molecular weight is 400 g/mol. The molecule has 0 spiro atoms. The number of benzene rings is 2. The second-order valence-electron chi connectivity index (χ2n) is 6.55. The molecule has 0 bridgehead atoms. The van der Waals surface area contributed by atoms with Gasteiger partial charge in [-0.3, -0.25) is 4.79 Å². The van der Waals surface area contributed by atoms with Crippen LogP contribution in [0.25, 0.3) is 17.4 Å². The molecule has 1 N–H and O–H groups in total. The zero-order valence-corrected chi connectivity index (χ0v) is 16.6. The number of nitrogens with zero attached hydrogens (tertiary/aromatic N) is 1. The number of nitrogens with one attached hydrogen (secondary N) is 1. The highest BCUT2D eigenvalue weighted by molar-refractivity contribution is 6.01. The first kappa shape index (κ1) is 20.6. The van der Waals surface area contributed by atoms with Gasteiger partial charge in [-0.05, 0) is 36.8 Å². The van der Waals surface area contributed by atoms with Gasteiger partial charge in [0.25, 0.3) is 5.91 Å². The van der Waals surface area contributed by atoms with Crippen molar-refractivity contribution >= 4 is 18.0 Å². The van der Waals surface area contributed by atoms with Crippen molar-refractivity contribution in [3.8, 4) is 17.4 Å². The molecular formula is C24H20N2O4. The number of hydrogen-bond acceptors (Lipinski definition) is 5. The molecule has 1 unspecified atom stereocenters. The fourth-order valence-corrected chi connectivity index (χ4v) is 2.86. The van der Waals surface area contributed by atoms with Crippen LogP contribution in [-0.4, -0.2) is 19.0 Å². The Balaban J connectivity index is 1.74. The van der Waals surface area contributed by atoms with E-state index in [0.717, 1.165) is 11.1 Å². The van der Waals surface area contributed by atoms with E-state index in [4.69, 9.17) is 4.42 Å². The van der Waals surface area contributed by atoms with Crippen LogP contribution in [0.5, 0.6) is 0 Å². The smallest absolute Gasteiger partial charge is 0.337 e. The van der Waals surface area contributed by atoms with Crippen LogP contribution in [0, 0.1) is 11.3 Å². The van der Waals surface area contributed by atoms with Gasteiger partial charge in [0.15, 0.2) is 0 Å². The topological polar surface area (TPSA) is 92.3 Å². The number of rotatable bonds is 6. The molecule has 0 radical (unpaired) electrons. The number of carbonyl (C=O) groups excluding carboxylic acids is 2. The minimum Gasteiger partial charge on any atom is -0.465 e. The Bertz CT molecular complexity index is 1110. The molecule has 0 saturated heterocycles. The standard InChI is InChI=1S/C24H20N2O4/c1-16(17-6-4-3-5-7-17)26-23(27)20(15-25)14-21-12-13-22(30-21)18-8-10-19(11-9-18)24(28)29-2/h3-14,16H,1-2H3,(H,26,27)/b20-14-. The molecule has 1 amide bonds. The van der Waals surface area contributed by atoms with E-state index in [-0.39, 0.29) is 11.6 Å². The van der Waals surface area contributed by atoms with Gasteiger partial charge in [0, 0.05) is 11.6 Å². The minimum atomic E-state index is -0.478. The normalized spacial score (nSPS) is 12.0. The van der Waals surface area contributed by atoms with Crippen LogP contribution >= 0.6 is 0 Å². The maximum absolute atomic E-state index is 12.5. The van der Waals surface area contributed by atoms with E-state index in [1.54, 1.807) is 36.4 Å². The molecule has 3 aromatic rings. The minimum absolute atomic E-state index is 0.0558. The monoisotopic (exact) mass is 400 g/mol. The zero-order chi connectivity index (χ0) is 21.5. The van der Waals surface area contributed by atoms with E-state index in [9.17, 15) is 14.9 Å². The summed E-state index contributed by atoms with van der Waals surface area (Å²) in [5, 5.41) is 12.2. The lowest BCUT2D eigenvalue weighted by Crippen LogP contribution is -2.27. The van der Waals surface area contributed by atoms with E-state index in [0.29, 0.717) is 17.1 Å². The number of methoxy groups -OCH3 is 1. The van der Waals surface area contributed by atoms with Gasteiger partial charge in [0.05, 0.1) is 18.7 Å². The summed E-state index contributed by atoms with van der Waals surface area (Å²) >= 11 is 0. The molecule has 0 aliphatic carbocycles. The summed E-state index contributed by atoms with van der Waals surface area (Å²) in [5.41, 5.74) is 2.07. The predicted octanol–water partition coefficient (Wildman–Crippen LogP) is 4.52. The molecule has 0 aliphatic heterocycles. The fourth-order valence-electron chi connectivity index (χ4n) is 2.86. The summed E-state index contributed by atoms with van der Waals surface area (Å²) in [5.74, 6) is 0.0300. The molecule has 6 nitrogen and oxygen atoms in total. The van der Waals surface area contributed by atoms with Crippen molar-refractivity contribution in [3.05, 3.63) is 89.2 Å². The lowest BCUT2D eigenvalue weighted by atomic mass is 10.1. The summed E-state index contributed by atoms with van der Waals surface area (Å²) in [6.07, 6.45) is 1.40. The molecular weight excluding hydrogens is 380 g/mol. The van der Waals surface area contributed by atoms with Crippen molar-refractivity contribution in [2.24, 2.45) is 0 Å². The number of ether oxygens (including phenoxy) is 1. The lowest BCUT2D eigenvalue weighted by Gasteiger charge is -2.13. The highest BCUT2D eigenvalue weighted by Gasteiger charge is 2.15. The van der Waals surface area contributed by atoms with Crippen molar-refractivity contribution in [2.45, 2.75) is 13.0 Å². The summed E-state index contributed by atoms with van der Waals surface area (Å²) in [4.78, 5) is 24.0. The first-order valence-corrected chi connectivity index (χ1v) is 9.28. The SMILES string of the molecule is COC(=O)c1ccc(-c2ccc(/C=C(/C#N)C(=O)NC(C)c3ccccc3)o2)cc1. The third-order valence-corrected chi connectivity index (χ3v) is 4.52. The Morgan fingerprint density at radius 3 is 2.40 bits per heavy atom. The van der Waals surface area contributed by atoms with E-state index in [2.05, 4.69) is 10.1 Å². The van der Waals surface area contributed by atoms with Crippen LogP contribution in [0.1, 0.15) is 34.6 Å². The molecule has 150 valence electrons. The quantitative estimate of drug-likeness (QED) is 0.373. The number of hydrogen-bond donors (Lipinski definition) is 1. The number of carbonyl (C=O) groups is 2. The number of furan rings is 1. The molecule has 2 aromatic carbocycles. The molecule has 6 heteroatoms. The number of amides is 1. The molecule has 1 heterocycles.